The van der Waals surface area contributed by atoms with Crippen LogP contribution in [0.4, 0.5) is 5.69 Å². The third-order valence-electron chi connectivity index (χ3n) is 3.33. The molecule has 0 amide bonds. The number of nitrogens with zero attached hydrogens (tertiary/aromatic N) is 1. The van der Waals surface area contributed by atoms with E-state index in [2.05, 4.69) is 23.2 Å². The lowest BCUT2D eigenvalue weighted by Crippen LogP contribution is -2.31. The molecule has 3 heteroatoms. The molecule has 0 aliphatic heterocycles. The van der Waals surface area contributed by atoms with E-state index in [1.54, 1.807) is 0 Å². The van der Waals surface area contributed by atoms with E-state index < -0.39 is 0 Å². The van der Waals surface area contributed by atoms with Gasteiger partial charge in [0.2, 0.25) is 0 Å². The van der Waals surface area contributed by atoms with Crippen LogP contribution in [0, 0.1) is 5.92 Å². The van der Waals surface area contributed by atoms with Crippen LogP contribution in [0.1, 0.15) is 26.2 Å². The Labute approximate surface area is 115 Å². The van der Waals surface area contributed by atoms with Gasteiger partial charge in [-0.3, -0.25) is 0 Å². The molecule has 0 aromatic heterocycles. The van der Waals surface area contributed by atoms with Gasteiger partial charge < -0.3 is 10.2 Å². The normalized spacial score (nSPS) is 15.1. The number of anilines is 1. The highest BCUT2D eigenvalue weighted by Crippen LogP contribution is 2.29. The number of nitrogens with one attached hydrogen (secondary N) is 1. The number of rotatable bonds is 8. The van der Waals surface area contributed by atoms with Crippen LogP contribution in [0.25, 0.3) is 0 Å². The topological polar surface area (TPSA) is 15.3 Å². The van der Waals surface area contributed by atoms with Crippen LogP contribution in [0.5, 0.6) is 0 Å². The van der Waals surface area contributed by atoms with E-state index in [4.69, 9.17) is 11.6 Å². The largest absolute Gasteiger partial charge is 0.384 e. The molecule has 100 valence electrons. The van der Waals surface area contributed by atoms with Crippen molar-refractivity contribution in [3.63, 3.8) is 0 Å². The average Bonchev–Trinajstić information content (AvgIpc) is 3.13. The van der Waals surface area contributed by atoms with Gasteiger partial charge in [-0.05, 0) is 49.9 Å². The predicted octanol–water partition coefficient (Wildman–Crippen LogP) is 3.87. The van der Waals surface area contributed by atoms with Gasteiger partial charge >= 0.3 is 0 Å². The number of hydrogen-bond acceptors (Lipinski definition) is 2. The van der Waals surface area contributed by atoms with Crippen molar-refractivity contribution in [3.8, 4) is 0 Å². The van der Waals surface area contributed by atoms with Gasteiger partial charge in [0.15, 0.2) is 0 Å². The first-order valence-corrected chi connectivity index (χ1v) is 7.37. The number of halogens is 1. The second-order valence-corrected chi connectivity index (χ2v) is 5.62. The fourth-order valence-corrected chi connectivity index (χ4v) is 2.42. The Morgan fingerprint density at radius 3 is 2.83 bits per heavy atom. The Kier molecular flexibility index (Phi) is 5.33. The summed E-state index contributed by atoms with van der Waals surface area (Å²) in [5.41, 5.74) is 1.12. The highest BCUT2D eigenvalue weighted by molar-refractivity contribution is 6.30. The molecule has 18 heavy (non-hydrogen) atoms. The zero-order valence-corrected chi connectivity index (χ0v) is 11.9. The summed E-state index contributed by atoms with van der Waals surface area (Å²) in [4.78, 5) is 2.58. The summed E-state index contributed by atoms with van der Waals surface area (Å²) >= 11 is 5.96. The van der Waals surface area contributed by atoms with Crippen LogP contribution in [0.2, 0.25) is 5.02 Å². The molecule has 1 aliphatic rings. The molecule has 2 rings (SSSR count). The molecule has 0 spiro atoms. The highest BCUT2D eigenvalue weighted by Gasteiger charge is 2.23. The summed E-state index contributed by atoms with van der Waals surface area (Å²) in [7, 11) is 0. The molecular formula is C15H23ClN2. The maximum Gasteiger partial charge on any atom is 0.0426 e. The summed E-state index contributed by atoms with van der Waals surface area (Å²) in [6.07, 6.45) is 4.10. The third-order valence-corrected chi connectivity index (χ3v) is 3.57. The second-order valence-electron chi connectivity index (χ2n) is 5.18. The molecule has 0 bridgehead atoms. The lowest BCUT2D eigenvalue weighted by molar-refractivity contribution is 0.273. The Bertz CT molecular complexity index is 363. The summed E-state index contributed by atoms with van der Waals surface area (Å²) in [5, 5.41) is 4.24. The van der Waals surface area contributed by atoms with Gasteiger partial charge in [0.1, 0.15) is 0 Å². The monoisotopic (exact) mass is 266 g/mol. The molecule has 1 saturated carbocycles. The maximum atomic E-state index is 5.96. The van der Waals surface area contributed by atoms with E-state index in [1.807, 2.05) is 18.2 Å². The minimum Gasteiger partial charge on any atom is -0.384 e. The maximum absolute atomic E-state index is 5.96. The Morgan fingerprint density at radius 1 is 1.33 bits per heavy atom. The summed E-state index contributed by atoms with van der Waals surface area (Å²) in [6, 6.07) is 7.94. The quantitative estimate of drug-likeness (QED) is 0.768. The molecule has 1 aromatic carbocycles. The van der Waals surface area contributed by atoms with E-state index in [1.165, 1.54) is 32.4 Å². The Morgan fingerprint density at radius 2 is 2.17 bits per heavy atom. The van der Waals surface area contributed by atoms with Crippen LogP contribution in [0.3, 0.4) is 0 Å². The van der Waals surface area contributed by atoms with Gasteiger partial charge in [-0.15, -0.1) is 0 Å². The number of benzene rings is 1. The summed E-state index contributed by atoms with van der Waals surface area (Å²) in [6.45, 7) is 6.87. The molecule has 0 unspecified atom stereocenters. The van der Waals surface area contributed by atoms with Crippen molar-refractivity contribution in [2.24, 2.45) is 5.92 Å². The van der Waals surface area contributed by atoms with Gasteiger partial charge in [-0.1, -0.05) is 24.6 Å². The Balaban J connectivity index is 1.71. The minimum absolute atomic E-state index is 0.795. The van der Waals surface area contributed by atoms with Gasteiger partial charge in [-0.25, -0.2) is 0 Å². The molecule has 0 saturated heterocycles. The van der Waals surface area contributed by atoms with Crippen molar-refractivity contribution in [1.29, 1.82) is 0 Å². The van der Waals surface area contributed by atoms with Crippen molar-refractivity contribution in [1.82, 2.24) is 4.90 Å². The Hall–Kier alpha value is -0.730. The van der Waals surface area contributed by atoms with Gasteiger partial charge in [-0.2, -0.15) is 0 Å². The van der Waals surface area contributed by atoms with E-state index in [0.717, 1.165) is 29.7 Å². The summed E-state index contributed by atoms with van der Waals surface area (Å²) < 4.78 is 0. The van der Waals surface area contributed by atoms with Gasteiger partial charge in [0.25, 0.3) is 0 Å². The van der Waals surface area contributed by atoms with Crippen LogP contribution in [0.15, 0.2) is 24.3 Å². The number of hydrogen-bond donors (Lipinski definition) is 1. The first-order valence-electron chi connectivity index (χ1n) is 6.99. The molecule has 0 radical (unpaired) electrons. The zero-order valence-electron chi connectivity index (χ0n) is 11.2. The van der Waals surface area contributed by atoms with Crippen LogP contribution in [-0.4, -0.2) is 31.1 Å². The fourth-order valence-electron chi connectivity index (χ4n) is 2.23. The molecule has 1 N–H and O–H groups in total. The van der Waals surface area contributed by atoms with Gasteiger partial charge in [0, 0.05) is 30.3 Å². The average molecular weight is 267 g/mol. The second kappa shape index (κ2) is 7.01. The highest BCUT2D eigenvalue weighted by atomic mass is 35.5. The van der Waals surface area contributed by atoms with E-state index in [0.29, 0.717) is 0 Å². The summed E-state index contributed by atoms with van der Waals surface area (Å²) in [5.74, 6) is 0.975. The van der Waals surface area contributed by atoms with Crippen LogP contribution < -0.4 is 5.32 Å². The smallest absolute Gasteiger partial charge is 0.0426 e. The molecule has 0 heterocycles. The molecule has 2 nitrogen and oxygen atoms in total. The van der Waals surface area contributed by atoms with Crippen molar-refractivity contribution in [2.75, 3.05) is 31.5 Å². The van der Waals surface area contributed by atoms with Crippen LogP contribution >= 0.6 is 11.6 Å². The first-order chi connectivity index (χ1) is 8.78. The van der Waals surface area contributed by atoms with E-state index >= 15 is 0 Å². The van der Waals surface area contributed by atoms with Gasteiger partial charge in [0.05, 0.1) is 0 Å². The van der Waals surface area contributed by atoms with E-state index in [9.17, 15) is 0 Å². The minimum atomic E-state index is 0.795. The van der Waals surface area contributed by atoms with Crippen molar-refractivity contribution >= 4 is 17.3 Å². The zero-order chi connectivity index (χ0) is 12.8. The predicted molar refractivity (Wildman–Crippen MR) is 79.4 cm³/mol. The standard InChI is InChI=1S/C15H23ClN2/c1-2-9-18(12-13-6-7-13)10-8-17-15-5-3-4-14(16)11-15/h3-5,11,13,17H,2,6-10,12H2,1H3. The van der Waals surface area contributed by atoms with Crippen molar-refractivity contribution in [2.45, 2.75) is 26.2 Å². The molecular weight excluding hydrogens is 244 g/mol. The third kappa shape index (κ3) is 4.87. The lowest BCUT2D eigenvalue weighted by atomic mass is 10.3. The molecule has 0 atom stereocenters. The van der Waals surface area contributed by atoms with Crippen LogP contribution in [-0.2, 0) is 0 Å². The molecule has 1 fully saturated rings. The molecule has 1 aliphatic carbocycles. The fraction of sp³-hybridized carbons (Fsp3) is 0.600. The SMILES string of the molecule is CCCN(CCNc1cccc(Cl)c1)CC1CC1. The first kappa shape index (κ1) is 13.7. The van der Waals surface area contributed by atoms with E-state index in [-0.39, 0.29) is 0 Å². The lowest BCUT2D eigenvalue weighted by Gasteiger charge is -2.21. The van der Waals surface area contributed by atoms with Crippen molar-refractivity contribution in [3.05, 3.63) is 29.3 Å². The molecule has 1 aromatic rings. The van der Waals surface area contributed by atoms with Crippen molar-refractivity contribution < 1.29 is 0 Å².